The van der Waals surface area contributed by atoms with Gasteiger partial charge in [-0.25, -0.2) is 4.98 Å². The Bertz CT molecular complexity index is 930. The SMILES string of the molecule is CSc1nc2ccsc2c(=O)n1CC(=O)Nc1cccc(C)c1. The first-order valence-corrected chi connectivity index (χ1v) is 9.07. The summed E-state index contributed by atoms with van der Waals surface area (Å²) in [5, 5.41) is 5.19. The van der Waals surface area contributed by atoms with E-state index in [-0.39, 0.29) is 18.0 Å². The number of aryl methyl sites for hydroxylation is 1. The molecular formula is C16H15N3O2S2. The van der Waals surface area contributed by atoms with Crippen molar-refractivity contribution < 1.29 is 4.79 Å². The van der Waals surface area contributed by atoms with Crippen molar-refractivity contribution in [3.8, 4) is 0 Å². The molecule has 1 N–H and O–H groups in total. The number of rotatable bonds is 4. The molecule has 0 aliphatic rings. The van der Waals surface area contributed by atoms with Gasteiger partial charge < -0.3 is 5.32 Å². The Morgan fingerprint density at radius 2 is 2.22 bits per heavy atom. The van der Waals surface area contributed by atoms with Crippen molar-refractivity contribution in [3.05, 3.63) is 51.6 Å². The van der Waals surface area contributed by atoms with E-state index >= 15 is 0 Å². The van der Waals surface area contributed by atoms with Gasteiger partial charge in [-0.2, -0.15) is 0 Å². The van der Waals surface area contributed by atoms with Crippen LogP contribution in [0, 0.1) is 6.92 Å². The maximum Gasteiger partial charge on any atom is 0.272 e. The maximum atomic E-state index is 12.6. The molecule has 2 heterocycles. The number of anilines is 1. The van der Waals surface area contributed by atoms with Gasteiger partial charge in [0.1, 0.15) is 11.2 Å². The minimum absolute atomic E-state index is 0.0518. The van der Waals surface area contributed by atoms with Crippen LogP contribution in [0.15, 0.2) is 45.7 Å². The summed E-state index contributed by atoms with van der Waals surface area (Å²) >= 11 is 2.70. The highest BCUT2D eigenvalue weighted by Crippen LogP contribution is 2.19. The molecule has 0 atom stereocenters. The predicted molar refractivity (Wildman–Crippen MR) is 95.5 cm³/mol. The molecule has 23 heavy (non-hydrogen) atoms. The van der Waals surface area contributed by atoms with Crippen LogP contribution in [0.5, 0.6) is 0 Å². The van der Waals surface area contributed by atoms with E-state index in [0.29, 0.717) is 15.4 Å². The van der Waals surface area contributed by atoms with Gasteiger partial charge in [0.2, 0.25) is 5.91 Å². The summed E-state index contributed by atoms with van der Waals surface area (Å²) in [4.78, 5) is 29.3. The molecule has 7 heteroatoms. The first-order chi connectivity index (χ1) is 11.1. The Morgan fingerprint density at radius 3 is 2.96 bits per heavy atom. The lowest BCUT2D eigenvalue weighted by atomic mass is 10.2. The van der Waals surface area contributed by atoms with Crippen molar-refractivity contribution in [3.63, 3.8) is 0 Å². The van der Waals surface area contributed by atoms with Gasteiger partial charge in [-0.3, -0.25) is 14.2 Å². The molecule has 0 unspecified atom stereocenters. The number of amides is 1. The average molecular weight is 345 g/mol. The molecule has 0 fully saturated rings. The third-order valence-electron chi connectivity index (χ3n) is 3.32. The summed E-state index contributed by atoms with van der Waals surface area (Å²) in [6.07, 6.45) is 1.84. The lowest BCUT2D eigenvalue weighted by Gasteiger charge is -2.11. The molecule has 0 aliphatic heterocycles. The van der Waals surface area contributed by atoms with Crippen LogP contribution in [-0.2, 0) is 11.3 Å². The zero-order valence-corrected chi connectivity index (χ0v) is 14.3. The zero-order valence-electron chi connectivity index (χ0n) is 12.7. The van der Waals surface area contributed by atoms with Gasteiger partial charge in [0.05, 0.1) is 5.52 Å². The number of thioether (sulfide) groups is 1. The molecule has 1 amide bonds. The molecule has 0 saturated heterocycles. The number of fused-ring (bicyclic) bond motifs is 1. The standard InChI is InChI=1S/C16H15N3O2S2/c1-10-4-3-5-11(8-10)17-13(20)9-19-15(21)14-12(6-7-23-14)18-16(19)22-2/h3-8H,9H2,1-2H3,(H,17,20). The second-order valence-corrected chi connectivity index (χ2v) is 6.73. The molecule has 0 spiro atoms. The van der Waals surface area contributed by atoms with Gasteiger partial charge in [0.15, 0.2) is 5.16 Å². The van der Waals surface area contributed by atoms with Crippen molar-refractivity contribution in [2.75, 3.05) is 11.6 Å². The van der Waals surface area contributed by atoms with Gasteiger partial charge in [0.25, 0.3) is 5.56 Å². The molecule has 118 valence electrons. The van der Waals surface area contributed by atoms with Crippen molar-refractivity contribution in [1.82, 2.24) is 9.55 Å². The van der Waals surface area contributed by atoms with Gasteiger partial charge in [-0.05, 0) is 42.3 Å². The molecule has 0 radical (unpaired) electrons. The Kier molecular flexibility index (Phi) is 4.49. The van der Waals surface area contributed by atoms with Gasteiger partial charge in [-0.15, -0.1) is 11.3 Å². The molecule has 3 aromatic rings. The lowest BCUT2D eigenvalue weighted by Crippen LogP contribution is -2.29. The van der Waals surface area contributed by atoms with Gasteiger partial charge >= 0.3 is 0 Å². The van der Waals surface area contributed by atoms with Crippen LogP contribution >= 0.6 is 23.1 Å². The van der Waals surface area contributed by atoms with E-state index in [4.69, 9.17) is 0 Å². The summed E-state index contributed by atoms with van der Waals surface area (Å²) in [6.45, 7) is 1.91. The number of aromatic nitrogens is 2. The number of benzene rings is 1. The number of carbonyl (C=O) groups is 1. The summed E-state index contributed by atoms with van der Waals surface area (Å²) in [6, 6.07) is 9.36. The highest BCUT2D eigenvalue weighted by atomic mass is 32.2. The maximum absolute atomic E-state index is 12.6. The third-order valence-corrected chi connectivity index (χ3v) is 4.89. The first kappa shape index (κ1) is 15.8. The van der Waals surface area contributed by atoms with Crippen molar-refractivity contribution in [1.29, 1.82) is 0 Å². The monoisotopic (exact) mass is 345 g/mol. The predicted octanol–water partition coefficient (Wildman–Crippen LogP) is 3.13. The fourth-order valence-electron chi connectivity index (χ4n) is 2.29. The van der Waals surface area contributed by atoms with E-state index in [1.165, 1.54) is 27.7 Å². The van der Waals surface area contributed by atoms with E-state index in [2.05, 4.69) is 10.3 Å². The van der Waals surface area contributed by atoms with E-state index in [1.807, 2.05) is 48.9 Å². The largest absolute Gasteiger partial charge is 0.325 e. The fourth-order valence-corrected chi connectivity index (χ4v) is 3.62. The second kappa shape index (κ2) is 6.55. The molecular weight excluding hydrogens is 330 g/mol. The van der Waals surface area contributed by atoms with Crippen molar-refractivity contribution in [2.45, 2.75) is 18.6 Å². The molecule has 5 nitrogen and oxygen atoms in total. The second-order valence-electron chi connectivity index (χ2n) is 5.04. The highest BCUT2D eigenvalue weighted by Gasteiger charge is 2.14. The molecule has 3 rings (SSSR count). The Hall–Kier alpha value is -2.12. The molecule has 1 aromatic carbocycles. The molecule has 0 aliphatic carbocycles. The number of hydrogen-bond donors (Lipinski definition) is 1. The van der Waals surface area contributed by atoms with Crippen LogP contribution in [0.2, 0.25) is 0 Å². The quantitative estimate of drug-likeness (QED) is 0.583. The third kappa shape index (κ3) is 3.30. The number of nitrogens with one attached hydrogen (secondary N) is 1. The normalized spacial score (nSPS) is 10.9. The Labute approximate surface area is 141 Å². The summed E-state index contributed by atoms with van der Waals surface area (Å²) in [7, 11) is 0. The number of carbonyl (C=O) groups excluding carboxylic acids is 1. The highest BCUT2D eigenvalue weighted by molar-refractivity contribution is 7.98. The summed E-state index contributed by atoms with van der Waals surface area (Å²) in [5.41, 5.74) is 2.29. The fraction of sp³-hybridized carbons (Fsp3) is 0.188. The topological polar surface area (TPSA) is 64.0 Å². The van der Waals surface area contributed by atoms with Crippen LogP contribution < -0.4 is 10.9 Å². The Balaban J connectivity index is 1.90. The van der Waals surface area contributed by atoms with Crippen molar-refractivity contribution in [2.24, 2.45) is 0 Å². The molecule has 0 bridgehead atoms. The van der Waals surface area contributed by atoms with Crippen LogP contribution in [0.1, 0.15) is 5.56 Å². The minimum Gasteiger partial charge on any atom is -0.325 e. The minimum atomic E-state index is -0.245. The van der Waals surface area contributed by atoms with E-state index in [0.717, 1.165) is 11.3 Å². The first-order valence-electron chi connectivity index (χ1n) is 6.97. The van der Waals surface area contributed by atoms with E-state index in [1.54, 1.807) is 0 Å². The summed E-state index contributed by atoms with van der Waals surface area (Å²) in [5.74, 6) is -0.245. The van der Waals surface area contributed by atoms with Gasteiger partial charge in [-0.1, -0.05) is 23.9 Å². The smallest absolute Gasteiger partial charge is 0.272 e. The number of thiophene rings is 1. The van der Waals surface area contributed by atoms with Crippen LogP contribution in [-0.4, -0.2) is 21.7 Å². The van der Waals surface area contributed by atoms with E-state index < -0.39 is 0 Å². The van der Waals surface area contributed by atoms with E-state index in [9.17, 15) is 9.59 Å². The van der Waals surface area contributed by atoms with Crippen molar-refractivity contribution >= 4 is 44.9 Å². The summed E-state index contributed by atoms with van der Waals surface area (Å²) < 4.78 is 2.00. The van der Waals surface area contributed by atoms with Crippen LogP contribution in [0.4, 0.5) is 5.69 Å². The zero-order chi connectivity index (χ0) is 16.4. The molecule has 0 saturated carbocycles. The van der Waals surface area contributed by atoms with Crippen LogP contribution in [0.25, 0.3) is 10.2 Å². The number of nitrogens with zero attached hydrogens (tertiary/aromatic N) is 2. The van der Waals surface area contributed by atoms with Crippen LogP contribution in [0.3, 0.4) is 0 Å². The average Bonchev–Trinajstić information content (AvgIpc) is 2.98. The Morgan fingerprint density at radius 1 is 1.39 bits per heavy atom. The lowest BCUT2D eigenvalue weighted by molar-refractivity contribution is -0.116. The van der Waals surface area contributed by atoms with Gasteiger partial charge in [0, 0.05) is 5.69 Å². The number of hydrogen-bond acceptors (Lipinski definition) is 5. The molecule has 2 aromatic heterocycles.